The molecule has 5 rings (SSSR count). The second kappa shape index (κ2) is 9.29. The van der Waals surface area contributed by atoms with Crippen LogP contribution in [0.5, 0.6) is 5.75 Å². The summed E-state index contributed by atoms with van der Waals surface area (Å²) in [4.78, 5) is 29.8. The number of anilines is 1. The van der Waals surface area contributed by atoms with E-state index in [1.165, 1.54) is 7.11 Å². The Hall–Kier alpha value is -3.89. The van der Waals surface area contributed by atoms with E-state index in [4.69, 9.17) is 9.47 Å². The van der Waals surface area contributed by atoms with Crippen molar-refractivity contribution in [1.29, 1.82) is 5.26 Å². The van der Waals surface area contributed by atoms with Crippen LogP contribution in [0, 0.1) is 16.7 Å². The lowest BCUT2D eigenvalue weighted by Crippen LogP contribution is -2.46. The van der Waals surface area contributed by atoms with Gasteiger partial charge >= 0.3 is 5.97 Å². The number of nitriles is 1. The molecule has 0 N–H and O–H groups in total. The minimum absolute atomic E-state index is 0.205. The number of benzene rings is 3. The number of Topliss-reactive ketones (excluding diaryl/α,β-unsaturated/α-hetero) is 1. The Bertz CT molecular complexity index is 1410. The number of carbonyl (C=O) groups excluding carboxylic acids is 2. The molecule has 36 heavy (non-hydrogen) atoms. The highest BCUT2D eigenvalue weighted by molar-refractivity contribution is 9.10. The number of nitrogens with zero attached hydrogens (tertiary/aromatic N) is 2. The number of fused-ring (bicyclic) bond motifs is 3. The van der Waals surface area contributed by atoms with Gasteiger partial charge in [-0.05, 0) is 51.3 Å². The standard InChI is InChI=1S/C29H23BrN2O4/c1-35-23-14-12-20(16-21(23)30)27(33)26-25(19-9-4-3-5-10-19)29(17-31,28(34)36-2)24-15-13-18-8-6-7-11-22(18)32(24)26/h3-16,24-26H,1-2H3. The molecule has 0 saturated carbocycles. The number of hydrogen-bond donors (Lipinski definition) is 0. The number of esters is 1. The van der Waals surface area contributed by atoms with Crippen molar-refractivity contribution in [2.75, 3.05) is 19.1 Å². The van der Waals surface area contributed by atoms with Crippen LogP contribution in [0.3, 0.4) is 0 Å². The van der Waals surface area contributed by atoms with Crippen LogP contribution in [0.25, 0.3) is 6.08 Å². The van der Waals surface area contributed by atoms with Crippen LogP contribution in [-0.2, 0) is 9.53 Å². The summed E-state index contributed by atoms with van der Waals surface area (Å²) in [6.07, 6.45) is 3.75. The van der Waals surface area contributed by atoms with Gasteiger partial charge in [0.05, 0.1) is 30.8 Å². The van der Waals surface area contributed by atoms with E-state index in [0.29, 0.717) is 15.8 Å². The van der Waals surface area contributed by atoms with Crippen LogP contribution in [0.4, 0.5) is 5.69 Å². The van der Waals surface area contributed by atoms with E-state index in [9.17, 15) is 14.9 Å². The number of rotatable bonds is 5. The Kier molecular flexibility index (Phi) is 6.15. The van der Waals surface area contributed by atoms with Crippen LogP contribution in [-0.4, -0.2) is 38.1 Å². The minimum atomic E-state index is -1.65. The lowest BCUT2D eigenvalue weighted by molar-refractivity contribution is -0.150. The smallest absolute Gasteiger partial charge is 0.329 e. The Morgan fingerprint density at radius 2 is 1.75 bits per heavy atom. The summed E-state index contributed by atoms with van der Waals surface area (Å²) in [5.74, 6) is -1.06. The van der Waals surface area contributed by atoms with Crippen molar-refractivity contribution >= 4 is 39.4 Å². The fourth-order valence-electron chi connectivity index (χ4n) is 5.56. The molecule has 2 heterocycles. The van der Waals surface area contributed by atoms with Gasteiger partial charge in [0.2, 0.25) is 0 Å². The van der Waals surface area contributed by atoms with Crippen LogP contribution in [0.1, 0.15) is 27.4 Å². The van der Waals surface area contributed by atoms with Gasteiger partial charge in [0.15, 0.2) is 11.2 Å². The summed E-state index contributed by atoms with van der Waals surface area (Å²) >= 11 is 3.48. The molecule has 0 aliphatic carbocycles. The molecule has 3 aromatic carbocycles. The average molecular weight is 543 g/mol. The van der Waals surface area contributed by atoms with Gasteiger partial charge in [0.1, 0.15) is 11.8 Å². The molecule has 4 unspecified atom stereocenters. The van der Waals surface area contributed by atoms with E-state index in [-0.39, 0.29) is 5.78 Å². The van der Waals surface area contributed by atoms with Gasteiger partial charge in [0, 0.05) is 17.2 Å². The third-order valence-corrected chi connectivity index (χ3v) is 7.74. The van der Waals surface area contributed by atoms with Crippen molar-refractivity contribution in [3.8, 4) is 11.8 Å². The van der Waals surface area contributed by atoms with E-state index < -0.39 is 29.4 Å². The quantitative estimate of drug-likeness (QED) is 0.317. The summed E-state index contributed by atoms with van der Waals surface area (Å²) < 4.78 is 11.2. The molecule has 0 aromatic heterocycles. The molecular weight excluding hydrogens is 520 g/mol. The zero-order valence-corrected chi connectivity index (χ0v) is 21.3. The summed E-state index contributed by atoms with van der Waals surface area (Å²) in [6.45, 7) is 0. The number of hydrogen-bond acceptors (Lipinski definition) is 6. The van der Waals surface area contributed by atoms with Gasteiger partial charge in [-0.1, -0.05) is 60.7 Å². The monoisotopic (exact) mass is 542 g/mol. The van der Waals surface area contributed by atoms with Gasteiger partial charge in [-0.15, -0.1) is 0 Å². The van der Waals surface area contributed by atoms with Crippen LogP contribution in [0.2, 0.25) is 0 Å². The van der Waals surface area contributed by atoms with Crippen LogP contribution in [0.15, 0.2) is 83.3 Å². The van der Waals surface area contributed by atoms with Crippen molar-refractivity contribution in [3.63, 3.8) is 0 Å². The molecule has 180 valence electrons. The summed E-state index contributed by atoms with van der Waals surface area (Å²) in [7, 11) is 2.84. The topological polar surface area (TPSA) is 79.6 Å². The molecule has 6 nitrogen and oxygen atoms in total. The molecule has 1 saturated heterocycles. The fraction of sp³-hybridized carbons (Fsp3) is 0.207. The van der Waals surface area contributed by atoms with Crippen LogP contribution < -0.4 is 9.64 Å². The minimum Gasteiger partial charge on any atom is -0.496 e. The molecule has 0 bridgehead atoms. The molecule has 1 fully saturated rings. The molecule has 4 atom stereocenters. The van der Waals surface area contributed by atoms with Crippen molar-refractivity contribution in [3.05, 3.63) is 100 Å². The fourth-order valence-corrected chi connectivity index (χ4v) is 6.10. The number of para-hydroxylation sites is 1. The first-order valence-corrected chi connectivity index (χ1v) is 12.2. The van der Waals surface area contributed by atoms with Crippen molar-refractivity contribution in [2.45, 2.75) is 18.0 Å². The van der Waals surface area contributed by atoms with E-state index in [0.717, 1.165) is 16.8 Å². The van der Waals surface area contributed by atoms with Crippen molar-refractivity contribution < 1.29 is 19.1 Å². The highest BCUT2D eigenvalue weighted by Crippen LogP contribution is 2.56. The maximum Gasteiger partial charge on any atom is 0.329 e. The van der Waals surface area contributed by atoms with E-state index in [2.05, 4.69) is 22.0 Å². The summed E-state index contributed by atoms with van der Waals surface area (Å²) in [5, 5.41) is 10.7. The second-order valence-corrected chi connectivity index (χ2v) is 9.64. The van der Waals surface area contributed by atoms with Gasteiger partial charge in [-0.3, -0.25) is 9.59 Å². The number of methoxy groups -OCH3 is 2. The first-order valence-electron chi connectivity index (χ1n) is 11.5. The molecule has 0 amide bonds. The molecule has 3 aromatic rings. The molecule has 2 aliphatic rings. The molecule has 7 heteroatoms. The third-order valence-electron chi connectivity index (χ3n) is 7.12. The molecule has 0 radical (unpaired) electrons. The summed E-state index contributed by atoms with van der Waals surface area (Å²) in [5.41, 5.74) is 1.21. The van der Waals surface area contributed by atoms with Gasteiger partial charge in [-0.2, -0.15) is 5.26 Å². The van der Waals surface area contributed by atoms with Gasteiger partial charge < -0.3 is 14.4 Å². The van der Waals surface area contributed by atoms with Crippen molar-refractivity contribution in [2.24, 2.45) is 5.41 Å². The Morgan fingerprint density at radius 1 is 1.03 bits per heavy atom. The normalized spacial score (nSPS) is 23.8. The average Bonchev–Trinajstić information content (AvgIpc) is 3.24. The number of ketones is 1. The zero-order valence-electron chi connectivity index (χ0n) is 19.7. The molecule has 0 spiro atoms. The Morgan fingerprint density at radius 3 is 2.42 bits per heavy atom. The first kappa shape index (κ1) is 23.8. The largest absolute Gasteiger partial charge is 0.496 e. The van der Waals surface area contributed by atoms with E-state index in [1.807, 2.05) is 71.6 Å². The maximum atomic E-state index is 14.4. The predicted octanol–water partition coefficient (Wildman–Crippen LogP) is 5.39. The Balaban J connectivity index is 1.79. The number of carbonyl (C=O) groups is 2. The highest BCUT2D eigenvalue weighted by Gasteiger charge is 2.67. The van der Waals surface area contributed by atoms with Gasteiger partial charge in [-0.25, -0.2) is 0 Å². The Labute approximate surface area is 217 Å². The summed E-state index contributed by atoms with van der Waals surface area (Å²) in [6, 6.07) is 22.9. The van der Waals surface area contributed by atoms with Crippen molar-refractivity contribution in [1.82, 2.24) is 0 Å². The van der Waals surface area contributed by atoms with E-state index >= 15 is 0 Å². The molecule has 2 aliphatic heterocycles. The first-order chi connectivity index (χ1) is 17.5. The highest BCUT2D eigenvalue weighted by atomic mass is 79.9. The third kappa shape index (κ3) is 3.44. The van der Waals surface area contributed by atoms with Crippen LogP contribution >= 0.6 is 15.9 Å². The lowest BCUT2D eigenvalue weighted by Gasteiger charge is -2.36. The lowest BCUT2D eigenvalue weighted by atomic mass is 9.68. The predicted molar refractivity (Wildman–Crippen MR) is 140 cm³/mol. The number of halogens is 1. The SMILES string of the molecule is COC(=O)C1(C#N)C(c2ccccc2)C(C(=O)c2ccc(OC)c(Br)c2)N2c3ccccc3C=CC21. The van der Waals surface area contributed by atoms with Gasteiger partial charge in [0.25, 0.3) is 0 Å². The van der Waals surface area contributed by atoms with E-state index in [1.54, 1.807) is 25.3 Å². The molecular formula is C29H23BrN2O4. The number of ether oxygens (including phenoxy) is 2. The zero-order chi connectivity index (χ0) is 25.4. The maximum absolute atomic E-state index is 14.4. The second-order valence-electron chi connectivity index (χ2n) is 8.79.